The molecule has 4 bridgehead atoms. The normalized spacial score (nSPS) is 35.7. The fourth-order valence-electron chi connectivity index (χ4n) is 6.12. The van der Waals surface area contributed by atoms with Gasteiger partial charge in [-0.1, -0.05) is 24.3 Å². The van der Waals surface area contributed by atoms with Crippen molar-refractivity contribution in [2.45, 2.75) is 37.5 Å². The van der Waals surface area contributed by atoms with E-state index < -0.39 is 0 Å². The van der Waals surface area contributed by atoms with Crippen LogP contribution in [0.25, 0.3) is 10.8 Å². The first-order valence-corrected chi connectivity index (χ1v) is 9.14. The van der Waals surface area contributed by atoms with Gasteiger partial charge in [0.1, 0.15) is 5.75 Å². The minimum absolute atomic E-state index is 0.177. The van der Waals surface area contributed by atoms with Gasteiger partial charge in [0, 0.05) is 5.41 Å². The van der Waals surface area contributed by atoms with Crippen LogP contribution in [-0.4, -0.2) is 12.2 Å². The highest BCUT2D eigenvalue weighted by Gasteiger charge is 2.55. The third kappa shape index (κ3) is 1.95. The van der Waals surface area contributed by atoms with Gasteiger partial charge in [0.15, 0.2) is 0 Å². The Morgan fingerprint density at radius 3 is 2.46 bits per heavy atom. The molecule has 2 atom stereocenters. The number of phenols is 1. The van der Waals surface area contributed by atoms with Crippen LogP contribution in [-0.2, 0) is 10.2 Å². The number of methoxy groups -OCH3 is 1. The first-order chi connectivity index (χ1) is 11.7. The third-order valence-electron chi connectivity index (χ3n) is 6.79. The van der Waals surface area contributed by atoms with Gasteiger partial charge in [-0.2, -0.15) is 0 Å². The summed E-state index contributed by atoms with van der Waals surface area (Å²) >= 11 is 0. The minimum Gasteiger partial charge on any atom is -0.508 e. The maximum Gasteiger partial charge on any atom is 0.116 e. The molecule has 2 unspecified atom stereocenters. The zero-order valence-electron chi connectivity index (χ0n) is 14.2. The van der Waals surface area contributed by atoms with Gasteiger partial charge in [-0.05, 0) is 83.9 Å². The molecule has 24 heavy (non-hydrogen) atoms. The summed E-state index contributed by atoms with van der Waals surface area (Å²) in [5.41, 5.74) is 3.16. The van der Waals surface area contributed by atoms with Crippen molar-refractivity contribution in [1.29, 1.82) is 0 Å². The number of allylic oxidation sites excluding steroid dienone is 1. The molecular weight excluding hydrogens is 296 g/mol. The van der Waals surface area contributed by atoms with Crippen molar-refractivity contribution < 1.29 is 9.84 Å². The van der Waals surface area contributed by atoms with Gasteiger partial charge in [0.25, 0.3) is 0 Å². The summed E-state index contributed by atoms with van der Waals surface area (Å²) in [6, 6.07) is 12.5. The second-order valence-corrected chi connectivity index (χ2v) is 8.18. The van der Waals surface area contributed by atoms with Crippen molar-refractivity contribution in [3.05, 3.63) is 53.8 Å². The number of rotatable bonds is 2. The number of hydrogen-bond acceptors (Lipinski definition) is 2. The molecular formula is C22H24O2. The number of fused-ring (bicyclic) bond motifs is 1. The van der Waals surface area contributed by atoms with E-state index in [-0.39, 0.29) is 5.41 Å². The first-order valence-electron chi connectivity index (χ1n) is 9.14. The lowest BCUT2D eigenvalue weighted by Gasteiger charge is -2.58. The molecule has 4 aliphatic rings. The lowest BCUT2D eigenvalue weighted by Crippen LogP contribution is -2.50. The molecule has 0 amide bonds. The van der Waals surface area contributed by atoms with Gasteiger partial charge < -0.3 is 9.84 Å². The Morgan fingerprint density at radius 2 is 1.71 bits per heavy atom. The molecule has 0 aromatic heterocycles. The van der Waals surface area contributed by atoms with E-state index >= 15 is 0 Å². The van der Waals surface area contributed by atoms with Gasteiger partial charge in [-0.15, -0.1) is 0 Å². The van der Waals surface area contributed by atoms with Crippen LogP contribution in [0.1, 0.15) is 37.7 Å². The van der Waals surface area contributed by atoms with Crippen LogP contribution < -0.4 is 0 Å². The fourth-order valence-corrected chi connectivity index (χ4v) is 6.12. The van der Waals surface area contributed by atoms with Crippen molar-refractivity contribution in [1.82, 2.24) is 0 Å². The Hall–Kier alpha value is -1.96. The highest BCUT2D eigenvalue weighted by molar-refractivity contribution is 5.85. The average molecular weight is 320 g/mol. The molecule has 1 N–H and O–H groups in total. The van der Waals surface area contributed by atoms with E-state index in [1.807, 2.05) is 12.1 Å². The molecule has 0 spiro atoms. The summed E-state index contributed by atoms with van der Waals surface area (Å²) in [5, 5.41) is 12.0. The topological polar surface area (TPSA) is 29.5 Å². The molecule has 4 saturated carbocycles. The third-order valence-corrected chi connectivity index (χ3v) is 6.79. The van der Waals surface area contributed by atoms with E-state index in [9.17, 15) is 5.11 Å². The van der Waals surface area contributed by atoms with Crippen molar-refractivity contribution in [2.24, 2.45) is 17.8 Å². The Morgan fingerprint density at radius 1 is 1.00 bits per heavy atom. The number of ether oxygens (including phenoxy) is 1. The second kappa shape index (κ2) is 5.02. The minimum atomic E-state index is 0.177. The lowest BCUT2D eigenvalue weighted by atomic mass is 9.46. The number of phenolic OH excluding ortho intramolecular Hbond substituents is 1. The Kier molecular flexibility index (Phi) is 3.01. The monoisotopic (exact) mass is 320 g/mol. The van der Waals surface area contributed by atoms with Crippen LogP contribution in [0.3, 0.4) is 0 Å². The predicted molar refractivity (Wildman–Crippen MR) is 95.9 cm³/mol. The summed E-state index contributed by atoms with van der Waals surface area (Å²) < 4.78 is 5.52. The maximum absolute atomic E-state index is 9.72. The van der Waals surface area contributed by atoms with Gasteiger partial charge in [-0.25, -0.2) is 0 Å². The predicted octanol–water partition coefficient (Wildman–Crippen LogP) is 5.15. The van der Waals surface area contributed by atoms with E-state index in [1.165, 1.54) is 48.6 Å². The quantitative estimate of drug-likeness (QED) is 0.775. The Bertz CT molecular complexity index is 821. The first kappa shape index (κ1) is 14.4. The highest BCUT2D eigenvalue weighted by atomic mass is 16.5. The van der Waals surface area contributed by atoms with E-state index in [2.05, 4.69) is 24.5 Å². The van der Waals surface area contributed by atoms with Gasteiger partial charge >= 0.3 is 0 Å². The molecule has 2 nitrogen and oxygen atoms in total. The lowest BCUT2D eigenvalue weighted by molar-refractivity contribution is 0.0426. The molecule has 0 aliphatic heterocycles. The fraction of sp³-hybridized carbons (Fsp3) is 0.455. The zero-order chi connectivity index (χ0) is 16.3. The number of aromatic hydroxyl groups is 1. The molecule has 4 fully saturated rings. The maximum atomic E-state index is 9.72. The van der Waals surface area contributed by atoms with E-state index in [4.69, 9.17) is 4.74 Å². The molecule has 2 aromatic carbocycles. The molecule has 6 rings (SSSR count). The van der Waals surface area contributed by atoms with Crippen molar-refractivity contribution in [2.75, 3.05) is 7.11 Å². The number of hydrogen-bond donors (Lipinski definition) is 1. The van der Waals surface area contributed by atoms with Crippen LogP contribution in [0, 0.1) is 17.8 Å². The molecule has 0 saturated heterocycles. The van der Waals surface area contributed by atoms with Gasteiger partial charge in [0.05, 0.1) is 13.4 Å². The van der Waals surface area contributed by atoms with Crippen LogP contribution >= 0.6 is 0 Å². The smallest absolute Gasteiger partial charge is 0.116 e. The average Bonchev–Trinajstić information content (AvgIpc) is 2.57. The van der Waals surface area contributed by atoms with Crippen LogP contribution in [0.4, 0.5) is 0 Å². The molecule has 2 aromatic rings. The zero-order valence-corrected chi connectivity index (χ0v) is 14.2. The molecule has 4 aliphatic carbocycles. The molecule has 124 valence electrons. The van der Waals surface area contributed by atoms with Crippen molar-refractivity contribution >= 4 is 10.8 Å². The highest BCUT2D eigenvalue weighted by Crippen LogP contribution is 2.63. The summed E-state index contributed by atoms with van der Waals surface area (Å²) in [5.74, 6) is 2.82. The van der Waals surface area contributed by atoms with Gasteiger partial charge in [-0.3, -0.25) is 0 Å². The largest absolute Gasteiger partial charge is 0.508 e. The SMILES string of the molecule is COC=C1C2CC3CC(C2)CC1(c1ccc2cc(O)ccc2c1)C3. The Labute approximate surface area is 143 Å². The Balaban J connectivity index is 1.68. The number of benzene rings is 2. The van der Waals surface area contributed by atoms with Gasteiger partial charge in [0.2, 0.25) is 0 Å². The van der Waals surface area contributed by atoms with Crippen LogP contribution in [0.2, 0.25) is 0 Å². The van der Waals surface area contributed by atoms with Crippen LogP contribution in [0.15, 0.2) is 48.2 Å². The van der Waals surface area contributed by atoms with E-state index in [0.29, 0.717) is 11.7 Å². The second-order valence-electron chi connectivity index (χ2n) is 8.18. The van der Waals surface area contributed by atoms with Crippen molar-refractivity contribution in [3.63, 3.8) is 0 Å². The van der Waals surface area contributed by atoms with Crippen molar-refractivity contribution in [3.8, 4) is 5.75 Å². The van der Waals surface area contributed by atoms with Crippen LogP contribution in [0.5, 0.6) is 5.75 Å². The van der Waals surface area contributed by atoms with E-state index in [0.717, 1.165) is 17.2 Å². The summed E-state index contributed by atoms with van der Waals surface area (Å²) in [6.45, 7) is 0. The standard InChI is InChI=1S/C22H24O2/c1-24-13-21-18-7-14-6-15(8-18)12-22(21,11-14)19-4-2-17-10-20(23)5-3-16(17)9-19/h2-5,9-10,13-15,18,23H,6-8,11-12H2,1H3. The summed E-state index contributed by atoms with van der Waals surface area (Å²) in [4.78, 5) is 0. The molecule has 0 heterocycles. The molecule has 0 radical (unpaired) electrons. The van der Waals surface area contributed by atoms with E-state index in [1.54, 1.807) is 13.2 Å². The summed E-state index contributed by atoms with van der Waals surface area (Å²) in [7, 11) is 1.79. The molecule has 2 heteroatoms. The summed E-state index contributed by atoms with van der Waals surface area (Å²) in [6.07, 6.45) is 8.75.